The minimum atomic E-state index is -1.03. The number of carbonyl (C=O) groups is 1. The van der Waals surface area contributed by atoms with Crippen LogP contribution in [0.4, 0.5) is 0 Å². The summed E-state index contributed by atoms with van der Waals surface area (Å²) in [6.07, 6.45) is -1.30. The number of nitrogens with one attached hydrogen (secondary N) is 1. The van der Waals surface area contributed by atoms with E-state index in [1.54, 1.807) is 0 Å². The molecule has 0 aromatic heterocycles. The molecule has 0 unspecified atom stereocenters. The van der Waals surface area contributed by atoms with Gasteiger partial charge in [-0.1, -0.05) is 12.1 Å². The second-order valence-corrected chi connectivity index (χ2v) is 5.94. The molecule has 122 valence electrons. The highest BCUT2D eigenvalue weighted by Crippen LogP contribution is 2.31. The van der Waals surface area contributed by atoms with Crippen molar-refractivity contribution in [3.05, 3.63) is 24.3 Å². The molecular formula is C16H25N2O4+. The van der Waals surface area contributed by atoms with Crippen molar-refractivity contribution in [1.29, 1.82) is 0 Å². The molecule has 0 aliphatic carbocycles. The lowest BCUT2D eigenvalue weighted by Gasteiger charge is -2.31. The van der Waals surface area contributed by atoms with E-state index < -0.39 is 6.10 Å². The van der Waals surface area contributed by atoms with Crippen LogP contribution in [0.25, 0.3) is 0 Å². The number of nitrogens with two attached hydrogens (primary N) is 1. The second kappa shape index (κ2) is 7.47. The van der Waals surface area contributed by atoms with Crippen molar-refractivity contribution < 1.29 is 24.7 Å². The van der Waals surface area contributed by atoms with E-state index in [0.29, 0.717) is 30.7 Å². The maximum Gasteiger partial charge on any atom is 0.255 e. The van der Waals surface area contributed by atoms with Crippen molar-refractivity contribution in [2.45, 2.75) is 45.1 Å². The van der Waals surface area contributed by atoms with Crippen LogP contribution < -0.4 is 20.1 Å². The zero-order valence-corrected chi connectivity index (χ0v) is 13.3. The van der Waals surface area contributed by atoms with Crippen LogP contribution in [0, 0.1) is 0 Å². The van der Waals surface area contributed by atoms with Gasteiger partial charge in [0.2, 0.25) is 0 Å². The fourth-order valence-corrected chi connectivity index (χ4v) is 2.20. The van der Waals surface area contributed by atoms with Gasteiger partial charge in [-0.3, -0.25) is 4.79 Å². The van der Waals surface area contributed by atoms with Crippen LogP contribution in [0.2, 0.25) is 0 Å². The van der Waals surface area contributed by atoms with Gasteiger partial charge in [0.05, 0.1) is 12.1 Å². The molecule has 1 aromatic rings. The van der Waals surface area contributed by atoms with E-state index in [9.17, 15) is 9.90 Å². The third-order valence-electron chi connectivity index (χ3n) is 3.59. The topological polar surface area (TPSA) is 84.4 Å². The van der Waals surface area contributed by atoms with Gasteiger partial charge in [-0.2, -0.15) is 0 Å². The Balaban J connectivity index is 1.85. The Morgan fingerprint density at radius 2 is 2.05 bits per heavy atom. The summed E-state index contributed by atoms with van der Waals surface area (Å²) in [6.45, 7) is 6.59. The van der Waals surface area contributed by atoms with Gasteiger partial charge >= 0.3 is 0 Å². The average Bonchev–Trinajstić information content (AvgIpc) is 2.51. The molecule has 0 bridgehead atoms. The van der Waals surface area contributed by atoms with Crippen LogP contribution in [-0.4, -0.2) is 48.5 Å². The summed E-state index contributed by atoms with van der Waals surface area (Å²) in [5, 5.41) is 14.6. The average molecular weight is 309 g/mol. The molecule has 6 nitrogen and oxygen atoms in total. The first-order valence-electron chi connectivity index (χ1n) is 7.67. The largest absolute Gasteiger partial charge is 0.486 e. The SMILES string of the molecule is CC(C)[NH2+]C[C@@H](O)C(=O)N[C@@H](C)[C@@H]1COc2ccccc2O1. The predicted octanol–water partition coefficient (Wildman–Crippen LogP) is -0.336. The van der Waals surface area contributed by atoms with Gasteiger partial charge in [0.15, 0.2) is 23.7 Å². The molecule has 3 atom stereocenters. The molecule has 22 heavy (non-hydrogen) atoms. The number of aliphatic hydroxyl groups is 1. The maximum absolute atomic E-state index is 12.0. The summed E-state index contributed by atoms with van der Waals surface area (Å²) in [5.74, 6) is 1.00. The number of benzene rings is 1. The van der Waals surface area contributed by atoms with Gasteiger partial charge in [0.25, 0.3) is 5.91 Å². The van der Waals surface area contributed by atoms with Gasteiger partial charge in [-0.15, -0.1) is 0 Å². The summed E-state index contributed by atoms with van der Waals surface area (Å²) in [6, 6.07) is 7.53. The van der Waals surface area contributed by atoms with Gasteiger partial charge in [-0.25, -0.2) is 0 Å². The first kappa shape index (κ1) is 16.6. The van der Waals surface area contributed by atoms with Crippen molar-refractivity contribution in [3.63, 3.8) is 0 Å². The van der Waals surface area contributed by atoms with Crippen LogP contribution in [0.15, 0.2) is 24.3 Å². The smallest absolute Gasteiger partial charge is 0.255 e. The quantitative estimate of drug-likeness (QED) is 0.671. The minimum absolute atomic E-state index is 0.255. The van der Waals surface area contributed by atoms with Crippen LogP contribution in [0.3, 0.4) is 0 Å². The number of carbonyl (C=O) groups excluding carboxylic acids is 1. The van der Waals surface area contributed by atoms with E-state index in [0.717, 1.165) is 0 Å². The molecule has 0 saturated carbocycles. The fraction of sp³-hybridized carbons (Fsp3) is 0.562. The standard InChI is InChI=1S/C16H24N2O4/c1-10(2)17-8-12(19)16(20)18-11(3)15-9-21-13-6-4-5-7-14(13)22-15/h4-7,10-12,15,17,19H,8-9H2,1-3H3,(H,18,20)/p+1/t11-,12+,15-/m0/s1. The maximum atomic E-state index is 12.0. The zero-order valence-electron chi connectivity index (χ0n) is 13.3. The number of amides is 1. The minimum Gasteiger partial charge on any atom is -0.486 e. The van der Waals surface area contributed by atoms with Crippen molar-refractivity contribution in [3.8, 4) is 11.5 Å². The number of aliphatic hydroxyl groups excluding tert-OH is 1. The number of ether oxygens (including phenoxy) is 2. The normalized spacial score (nSPS) is 19.6. The lowest BCUT2D eigenvalue weighted by molar-refractivity contribution is -0.686. The van der Waals surface area contributed by atoms with Crippen molar-refractivity contribution in [1.82, 2.24) is 5.32 Å². The summed E-state index contributed by atoms with van der Waals surface area (Å²) in [7, 11) is 0. The van der Waals surface area contributed by atoms with Crippen LogP contribution in [-0.2, 0) is 4.79 Å². The summed E-state index contributed by atoms with van der Waals surface area (Å²) in [5.41, 5.74) is 0. The number of para-hydroxylation sites is 2. The van der Waals surface area contributed by atoms with Crippen LogP contribution >= 0.6 is 0 Å². The molecule has 0 spiro atoms. The van der Waals surface area contributed by atoms with Crippen molar-refractivity contribution in [2.75, 3.05) is 13.2 Å². The Labute approximate surface area is 130 Å². The molecular weight excluding hydrogens is 284 g/mol. The number of rotatable bonds is 6. The van der Waals surface area contributed by atoms with Crippen molar-refractivity contribution >= 4 is 5.91 Å². The molecule has 6 heteroatoms. The molecule has 0 fully saturated rings. The first-order valence-corrected chi connectivity index (χ1v) is 7.67. The van der Waals surface area contributed by atoms with Crippen LogP contribution in [0.5, 0.6) is 11.5 Å². The first-order chi connectivity index (χ1) is 10.5. The highest BCUT2D eigenvalue weighted by Gasteiger charge is 2.29. The predicted molar refractivity (Wildman–Crippen MR) is 81.9 cm³/mol. The Morgan fingerprint density at radius 1 is 1.36 bits per heavy atom. The van der Waals surface area contributed by atoms with Gasteiger partial charge < -0.3 is 25.2 Å². The Hall–Kier alpha value is -1.79. The highest BCUT2D eigenvalue weighted by molar-refractivity contribution is 5.80. The summed E-state index contributed by atoms with van der Waals surface area (Å²) < 4.78 is 11.5. The molecule has 2 rings (SSSR count). The van der Waals surface area contributed by atoms with E-state index in [1.165, 1.54) is 0 Å². The van der Waals surface area contributed by atoms with E-state index >= 15 is 0 Å². The zero-order chi connectivity index (χ0) is 16.1. The molecule has 1 heterocycles. The molecule has 1 aliphatic rings. The lowest BCUT2D eigenvalue weighted by Crippen LogP contribution is -2.91. The molecule has 4 N–H and O–H groups in total. The highest BCUT2D eigenvalue weighted by atomic mass is 16.6. The van der Waals surface area contributed by atoms with E-state index in [1.807, 2.05) is 50.4 Å². The summed E-state index contributed by atoms with van der Waals surface area (Å²) >= 11 is 0. The van der Waals surface area contributed by atoms with Crippen LogP contribution in [0.1, 0.15) is 20.8 Å². The van der Waals surface area contributed by atoms with Crippen molar-refractivity contribution in [2.24, 2.45) is 0 Å². The number of fused-ring (bicyclic) bond motifs is 1. The Bertz CT molecular complexity index is 507. The van der Waals surface area contributed by atoms with E-state index in [4.69, 9.17) is 9.47 Å². The third-order valence-corrected chi connectivity index (χ3v) is 3.59. The third kappa shape index (κ3) is 4.35. The monoisotopic (exact) mass is 309 g/mol. The molecule has 1 amide bonds. The Kier molecular flexibility index (Phi) is 5.63. The Morgan fingerprint density at radius 3 is 2.73 bits per heavy atom. The second-order valence-electron chi connectivity index (χ2n) is 5.94. The lowest BCUT2D eigenvalue weighted by atomic mass is 10.1. The molecule has 1 aromatic carbocycles. The van der Waals surface area contributed by atoms with Gasteiger partial charge in [0, 0.05) is 0 Å². The van der Waals surface area contributed by atoms with Gasteiger partial charge in [0.1, 0.15) is 13.2 Å². The molecule has 1 aliphatic heterocycles. The van der Waals surface area contributed by atoms with Gasteiger partial charge in [-0.05, 0) is 32.9 Å². The number of hydrogen-bond acceptors (Lipinski definition) is 4. The van der Waals surface area contributed by atoms with E-state index in [2.05, 4.69) is 5.32 Å². The fourth-order valence-electron chi connectivity index (χ4n) is 2.20. The number of hydrogen-bond donors (Lipinski definition) is 3. The molecule has 0 radical (unpaired) electrons. The molecule has 0 saturated heterocycles. The van der Waals surface area contributed by atoms with E-state index in [-0.39, 0.29) is 18.1 Å². The summed E-state index contributed by atoms with van der Waals surface area (Å²) in [4.78, 5) is 12.0. The number of quaternary nitrogens is 1.